The highest BCUT2D eigenvalue weighted by Crippen LogP contribution is 2.21. The van der Waals surface area contributed by atoms with Gasteiger partial charge in [-0.2, -0.15) is 0 Å². The molecule has 2 N–H and O–H groups in total. The zero-order chi connectivity index (χ0) is 11.5. The number of aromatic nitrogens is 2. The van der Waals surface area contributed by atoms with Gasteiger partial charge in [0.25, 0.3) is 0 Å². The summed E-state index contributed by atoms with van der Waals surface area (Å²) < 4.78 is 0. The summed E-state index contributed by atoms with van der Waals surface area (Å²) in [5.74, 6) is 0.0280. The van der Waals surface area contributed by atoms with E-state index in [4.69, 9.17) is 11.6 Å². The number of rotatable bonds is 3. The lowest BCUT2D eigenvalue weighted by molar-refractivity contribution is -0.120. The molecule has 2 rings (SSSR count). The average molecular weight is 238 g/mol. The fourth-order valence-corrected chi connectivity index (χ4v) is 1.64. The van der Waals surface area contributed by atoms with E-state index in [1.807, 2.05) is 13.0 Å². The van der Waals surface area contributed by atoms with Crippen molar-refractivity contribution in [2.75, 3.05) is 0 Å². The molecule has 0 aromatic carbocycles. The summed E-state index contributed by atoms with van der Waals surface area (Å²) in [7, 11) is 0. The van der Waals surface area contributed by atoms with Crippen LogP contribution >= 0.6 is 11.6 Å². The number of carbonyl (C=O) groups excluding carboxylic acids is 1. The Morgan fingerprint density at radius 1 is 1.62 bits per heavy atom. The van der Waals surface area contributed by atoms with E-state index >= 15 is 0 Å². The zero-order valence-electron chi connectivity index (χ0n) is 8.88. The average Bonchev–Trinajstić information content (AvgIpc) is 2.68. The summed E-state index contributed by atoms with van der Waals surface area (Å²) in [6, 6.07) is 1.93. The molecule has 0 aliphatic carbocycles. The van der Waals surface area contributed by atoms with Crippen molar-refractivity contribution in [2.45, 2.75) is 19.9 Å². The first-order chi connectivity index (χ1) is 7.70. The molecule has 0 aliphatic rings. The van der Waals surface area contributed by atoms with Crippen LogP contribution in [0.1, 0.15) is 18.9 Å². The van der Waals surface area contributed by atoms with Gasteiger partial charge in [0.15, 0.2) is 0 Å². The lowest BCUT2D eigenvalue weighted by Gasteiger charge is -2.03. The molecular formula is C11H12ClN3O. The number of amides is 1. The van der Waals surface area contributed by atoms with Crippen molar-refractivity contribution in [1.82, 2.24) is 15.3 Å². The Hall–Kier alpha value is -1.55. The Balaban J connectivity index is 2.19. The summed E-state index contributed by atoms with van der Waals surface area (Å²) in [6.07, 6.45) is 3.92. The van der Waals surface area contributed by atoms with Crippen LogP contribution in [0.3, 0.4) is 0 Å². The minimum atomic E-state index is 0.0280. The van der Waals surface area contributed by atoms with E-state index in [-0.39, 0.29) is 5.91 Å². The molecule has 0 atom stereocenters. The summed E-state index contributed by atoms with van der Waals surface area (Å²) in [4.78, 5) is 18.3. The standard InChI is InChI=1S/C11H12ClN3O/c1-2-10(16)13-4-7-3-8-9(12)6-15-11(8)14-5-7/h3,5-6H,2,4H2,1H3,(H,13,16)(H,14,15). The highest BCUT2D eigenvalue weighted by molar-refractivity contribution is 6.35. The third-order valence-electron chi connectivity index (χ3n) is 2.35. The zero-order valence-corrected chi connectivity index (χ0v) is 9.64. The molecule has 0 saturated heterocycles. The Morgan fingerprint density at radius 3 is 3.19 bits per heavy atom. The molecule has 0 unspecified atom stereocenters. The normalized spacial score (nSPS) is 10.6. The molecule has 2 aromatic heterocycles. The molecule has 0 aliphatic heterocycles. The van der Waals surface area contributed by atoms with Crippen molar-refractivity contribution in [1.29, 1.82) is 0 Å². The third kappa shape index (κ3) is 2.17. The Labute approximate surface area is 98.0 Å². The summed E-state index contributed by atoms with van der Waals surface area (Å²) in [6.45, 7) is 2.30. The van der Waals surface area contributed by atoms with Crippen LogP contribution in [0.5, 0.6) is 0 Å². The molecular weight excluding hydrogens is 226 g/mol. The number of halogens is 1. The Morgan fingerprint density at radius 2 is 2.44 bits per heavy atom. The second-order valence-electron chi connectivity index (χ2n) is 3.51. The van der Waals surface area contributed by atoms with Crippen LogP contribution in [0.15, 0.2) is 18.5 Å². The van der Waals surface area contributed by atoms with Gasteiger partial charge in [-0.3, -0.25) is 4.79 Å². The number of pyridine rings is 1. The maximum absolute atomic E-state index is 11.1. The van der Waals surface area contributed by atoms with Crippen molar-refractivity contribution < 1.29 is 4.79 Å². The molecule has 1 amide bonds. The summed E-state index contributed by atoms with van der Waals surface area (Å²) in [5.41, 5.74) is 1.70. The summed E-state index contributed by atoms with van der Waals surface area (Å²) in [5, 5.41) is 4.32. The number of carbonyl (C=O) groups is 1. The van der Waals surface area contributed by atoms with Gasteiger partial charge in [0, 0.05) is 30.7 Å². The van der Waals surface area contributed by atoms with E-state index in [0.29, 0.717) is 18.0 Å². The SMILES string of the molecule is CCC(=O)NCc1cnc2[nH]cc(Cl)c2c1. The minimum absolute atomic E-state index is 0.0280. The van der Waals surface area contributed by atoms with E-state index in [9.17, 15) is 4.79 Å². The molecule has 5 heteroatoms. The van der Waals surface area contributed by atoms with Crippen molar-refractivity contribution in [3.8, 4) is 0 Å². The van der Waals surface area contributed by atoms with Crippen molar-refractivity contribution in [2.24, 2.45) is 0 Å². The van der Waals surface area contributed by atoms with E-state index in [1.54, 1.807) is 12.4 Å². The van der Waals surface area contributed by atoms with E-state index < -0.39 is 0 Å². The number of hydrogen-bond donors (Lipinski definition) is 2. The van der Waals surface area contributed by atoms with Gasteiger partial charge in [0.1, 0.15) is 5.65 Å². The Kier molecular flexibility index (Phi) is 3.10. The Bertz CT molecular complexity index is 521. The topological polar surface area (TPSA) is 57.8 Å². The first-order valence-corrected chi connectivity index (χ1v) is 5.46. The number of nitrogens with zero attached hydrogens (tertiary/aromatic N) is 1. The van der Waals surface area contributed by atoms with Crippen LogP contribution in [0, 0.1) is 0 Å². The predicted molar refractivity (Wildman–Crippen MR) is 63.2 cm³/mol. The maximum Gasteiger partial charge on any atom is 0.219 e. The van der Waals surface area contributed by atoms with Crippen molar-refractivity contribution >= 4 is 28.5 Å². The monoisotopic (exact) mass is 237 g/mol. The maximum atomic E-state index is 11.1. The number of fused-ring (bicyclic) bond motifs is 1. The highest BCUT2D eigenvalue weighted by atomic mass is 35.5. The number of H-pyrrole nitrogens is 1. The number of nitrogens with one attached hydrogen (secondary N) is 2. The minimum Gasteiger partial charge on any atom is -0.352 e. The fourth-order valence-electron chi connectivity index (χ4n) is 1.44. The molecule has 4 nitrogen and oxygen atoms in total. The highest BCUT2D eigenvalue weighted by Gasteiger charge is 2.04. The largest absolute Gasteiger partial charge is 0.352 e. The van der Waals surface area contributed by atoms with E-state index in [2.05, 4.69) is 15.3 Å². The predicted octanol–water partition coefficient (Wildman–Crippen LogP) is 2.24. The molecule has 2 aromatic rings. The second kappa shape index (κ2) is 4.53. The molecule has 0 fully saturated rings. The van der Waals surface area contributed by atoms with Gasteiger partial charge >= 0.3 is 0 Å². The first-order valence-electron chi connectivity index (χ1n) is 5.09. The van der Waals surface area contributed by atoms with Crippen molar-refractivity contribution in [3.63, 3.8) is 0 Å². The van der Waals surface area contributed by atoms with Gasteiger partial charge in [-0.05, 0) is 11.6 Å². The first kappa shape index (κ1) is 11.0. The van der Waals surface area contributed by atoms with E-state index in [1.165, 1.54) is 0 Å². The lowest BCUT2D eigenvalue weighted by Crippen LogP contribution is -2.21. The van der Waals surface area contributed by atoms with Crippen LogP contribution < -0.4 is 5.32 Å². The quantitative estimate of drug-likeness (QED) is 0.860. The molecule has 0 radical (unpaired) electrons. The van der Waals surface area contributed by atoms with Crippen LogP contribution in [0.4, 0.5) is 0 Å². The van der Waals surface area contributed by atoms with Gasteiger partial charge in [-0.1, -0.05) is 18.5 Å². The van der Waals surface area contributed by atoms with Gasteiger partial charge in [0.2, 0.25) is 5.91 Å². The molecule has 2 heterocycles. The summed E-state index contributed by atoms with van der Waals surface area (Å²) >= 11 is 5.98. The van der Waals surface area contributed by atoms with Gasteiger partial charge in [0.05, 0.1) is 5.02 Å². The van der Waals surface area contributed by atoms with E-state index in [0.717, 1.165) is 16.6 Å². The van der Waals surface area contributed by atoms with Gasteiger partial charge in [-0.15, -0.1) is 0 Å². The molecule has 16 heavy (non-hydrogen) atoms. The van der Waals surface area contributed by atoms with Gasteiger partial charge < -0.3 is 10.3 Å². The van der Waals surface area contributed by atoms with Gasteiger partial charge in [-0.25, -0.2) is 4.98 Å². The second-order valence-corrected chi connectivity index (χ2v) is 3.91. The third-order valence-corrected chi connectivity index (χ3v) is 2.66. The smallest absolute Gasteiger partial charge is 0.219 e. The van der Waals surface area contributed by atoms with Crippen LogP contribution in [0.25, 0.3) is 11.0 Å². The van der Waals surface area contributed by atoms with Crippen molar-refractivity contribution in [3.05, 3.63) is 29.0 Å². The molecule has 0 bridgehead atoms. The fraction of sp³-hybridized carbons (Fsp3) is 0.273. The number of hydrogen-bond acceptors (Lipinski definition) is 2. The number of aromatic amines is 1. The molecule has 84 valence electrons. The van der Waals surface area contributed by atoms with Crippen LogP contribution in [-0.2, 0) is 11.3 Å². The van der Waals surface area contributed by atoms with Crippen LogP contribution in [0.2, 0.25) is 5.02 Å². The van der Waals surface area contributed by atoms with Crippen LogP contribution in [-0.4, -0.2) is 15.9 Å². The molecule has 0 spiro atoms. The molecule has 0 saturated carbocycles. The lowest BCUT2D eigenvalue weighted by atomic mass is 10.2.